The first-order valence-corrected chi connectivity index (χ1v) is 3.95. The lowest BCUT2D eigenvalue weighted by Gasteiger charge is -2.08. The highest BCUT2D eigenvalue weighted by Crippen LogP contribution is 2.17. The second-order valence-electron chi connectivity index (χ2n) is 3.09. The van der Waals surface area contributed by atoms with Crippen LogP contribution in [0.15, 0.2) is 12.3 Å². The fourth-order valence-electron chi connectivity index (χ4n) is 0.941. The van der Waals surface area contributed by atoms with Crippen LogP contribution in [0.4, 0.5) is 4.39 Å². The Morgan fingerprint density at radius 3 is 2.77 bits per heavy atom. The summed E-state index contributed by atoms with van der Waals surface area (Å²) >= 11 is 0. The maximum absolute atomic E-state index is 12.7. The first kappa shape index (κ1) is 9.64. The fourth-order valence-corrected chi connectivity index (χ4v) is 0.941. The molecule has 1 heterocycles. The van der Waals surface area contributed by atoms with E-state index in [0.29, 0.717) is 0 Å². The van der Waals surface area contributed by atoms with Crippen LogP contribution in [0.3, 0.4) is 0 Å². The van der Waals surface area contributed by atoms with Gasteiger partial charge in [0.15, 0.2) is 0 Å². The highest BCUT2D eigenvalue weighted by atomic mass is 19.1. The van der Waals surface area contributed by atoms with Crippen molar-refractivity contribution in [2.45, 2.75) is 13.8 Å². The van der Waals surface area contributed by atoms with Gasteiger partial charge in [0.25, 0.3) is 0 Å². The molecule has 1 aromatic heterocycles. The van der Waals surface area contributed by atoms with Crippen LogP contribution in [0.2, 0.25) is 0 Å². The van der Waals surface area contributed by atoms with Crippen molar-refractivity contribution in [3.05, 3.63) is 23.6 Å². The lowest BCUT2D eigenvalue weighted by Crippen LogP contribution is -2.08. The van der Waals surface area contributed by atoms with E-state index in [4.69, 9.17) is 5.41 Å². The Morgan fingerprint density at radius 2 is 2.23 bits per heavy atom. The van der Waals surface area contributed by atoms with Crippen molar-refractivity contribution >= 4 is 5.71 Å². The average molecular weight is 182 g/mol. The molecule has 0 amide bonds. The summed E-state index contributed by atoms with van der Waals surface area (Å²) in [5, 5.41) is 16.8. The summed E-state index contributed by atoms with van der Waals surface area (Å²) in [6, 6.07) is 1.12. The number of nitrogens with one attached hydrogen (secondary N) is 1. The van der Waals surface area contributed by atoms with E-state index in [1.54, 1.807) is 13.8 Å². The number of aromatic nitrogens is 1. The molecule has 1 rings (SSSR count). The summed E-state index contributed by atoms with van der Waals surface area (Å²) in [7, 11) is 0. The molecule has 0 radical (unpaired) electrons. The van der Waals surface area contributed by atoms with Gasteiger partial charge in [0.05, 0.1) is 11.8 Å². The van der Waals surface area contributed by atoms with Gasteiger partial charge < -0.3 is 10.5 Å². The third-order valence-corrected chi connectivity index (χ3v) is 1.70. The number of rotatable bonds is 2. The molecule has 70 valence electrons. The molecule has 0 bridgehead atoms. The highest BCUT2D eigenvalue weighted by Gasteiger charge is 2.12. The molecular formula is C9H11FN2O. The standard InChI is InChI=1S/C9H11FN2O/c1-5(2)8(11)7-3-6(10)4-12-9(7)13/h3-5,11H,1-2H3,(H,12,13). The monoisotopic (exact) mass is 182 g/mol. The average Bonchev–Trinajstić information content (AvgIpc) is 2.08. The topological polar surface area (TPSA) is 57.0 Å². The summed E-state index contributed by atoms with van der Waals surface area (Å²) in [4.78, 5) is 3.42. The Bertz CT molecular complexity index is 336. The third kappa shape index (κ3) is 2.02. The second kappa shape index (κ2) is 3.51. The van der Waals surface area contributed by atoms with E-state index in [2.05, 4.69) is 4.98 Å². The molecule has 2 N–H and O–H groups in total. The maximum Gasteiger partial charge on any atom is 0.220 e. The van der Waals surface area contributed by atoms with Gasteiger partial charge >= 0.3 is 0 Å². The quantitative estimate of drug-likeness (QED) is 0.687. The summed E-state index contributed by atoms with van der Waals surface area (Å²) in [5.74, 6) is -0.896. The van der Waals surface area contributed by atoms with Gasteiger partial charge in [-0.2, -0.15) is 0 Å². The SMILES string of the molecule is CC(C)C(=N)c1cc(F)cnc1O. The minimum atomic E-state index is -0.543. The summed E-state index contributed by atoms with van der Waals surface area (Å²) in [6.45, 7) is 3.60. The van der Waals surface area contributed by atoms with E-state index >= 15 is 0 Å². The summed E-state index contributed by atoms with van der Waals surface area (Å²) in [5.41, 5.74) is 0.347. The van der Waals surface area contributed by atoms with Crippen LogP contribution in [-0.4, -0.2) is 15.8 Å². The molecular weight excluding hydrogens is 171 g/mol. The molecule has 0 spiro atoms. The van der Waals surface area contributed by atoms with Crippen LogP contribution < -0.4 is 0 Å². The van der Waals surface area contributed by atoms with Crippen LogP contribution in [0.25, 0.3) is 0 Å². The first-order valence-electron chi connectivity index (χ1n) is 3.95. The van der Waals surface area contributed by atoms with E-state index in [-0.39, 0.29) is 23.1 Å². The fraction of sp³-hybridized carbons (Fsp3) is 0.333. The van der Waals surface area contributed by atoms with Gasteiger partial charge in [0, 0.05) is 5.71 Å². The van der Waals surface area contributed by atoms with E-state index in [0.717, 1.165) is 12.3 Å². The number of hydrogen-bond acceptors (Lipinski definition) is 3. The molecule has 0 saturated carbocycles. The number of nitrogens with zero attached hydrogens (tertiary/aromatic N) is 1. The zero-order valence-corrected chi connectivity index (χ0v) is 7.50. The van der Waals surface area contributed by atoms with Gasteiger partial charge in [-0.25, -0.2) is 9.37 Å². The van der Waals surface area contributed by atoms with E-state index in [1.165, 1.54) is 0 Å². The van der Waals surface area contributed by atoms with Crippen LogP contribution in [0.5, 0.6) is 5.88 Å². The Hall–Kier alpha value is -1.45. The summed E-state index contributed by atoms with van der Waals surface area (Å²) < 4.78 is 12.7. The van der Waals surface area contributed by atoms with Crippen molar-refractivity contribution in [1.29, 1.82) is 5.41 Å². The molecule has 0 fully saturated rings. The van der Waals surface area contributed by atoms with E-state index in [9.17, 15) is 9.50 Å². The van der Waals surface area contributed by atoms with Crippen molar-refractivity contribution in [1.82, 2.24) is 4.98 Å². The minimum Gasteiger partial charge on any atom is -0.493 e. The Balaban J connectivity index is 3.13. The molecule has 0 aliphatic carbocycles. The molecule has 3 nitrogen and oxygen atoms in total. The number of hydrogen-bond donors (Lipinski definition) is 2. The first-order chi connectivity index (χ1) is 6.02. The zero-order valence-electron chi connectivity index (χ0n) is 7.50. The van der Waals surface area contributed by atoms with Crippen LogP contribution in [-0.2, 0) is 0 Å². The van der Waals surface area contributed by atoms with Gasteiger partial charge in [-0.1, -0.05) is 13.8 Å². The largest absolute Gasteiger partial charge is 0.493 e. The molecule has 4 heteroatoms. The van der Waals surface area contributed by atoms with Crippen molar-refractivity contribution in [3.8, 4) is 5.88 Å². The highest BCUT2D eigenvalue weighted by molar-refractivity contribution is 6.01. The Labute approximate surface area is 75.8 Å². The van der Waals surface area contributed by atoms with Gasteiger partial charge in [0.2, 0.25) is 5.88 Å². The predicted octanol–water partition coefficient (Wildman–Crippen LogP) is 1.95. The third-order valence-electron chi connectivity index (χ3n) is 1.70. The molecule has 0 aliphatic rings. The lowest BCUT2D eigenvalue weighted by molar-refractivity contribution is 0.447. The predicted molar refractivity (Wildman–Crippen MR) is 47.5 cm³/mol. The Morgan fingerprint density at radius 1 is 1.62 bits per heavy atom. The number of pyridine rings is 1. The van der Waals surface area contributed by atoms with Crippen LogP contribution in [0, 0.1) is 17.1 Å². The zero-order chi connectivity index (χ0) is 10.0. The maximum atomic E-state index is 12.7. The van der Waals surface area contributed by atoms with E-state index < -0.39 is 5.82 Å². The minimum absolute atomic E-state index is 0.0606. The molecule has 13 heavy (non-hydrogen) atoms. The van der Waals surface area contributed by atoms with Crippen LogP contribution >= 0.6 is 0 Å². The van der Waals surface area contributed by atoms with Gasteiger partial charge in [0.1, 0.15) is 5.82 Å². The van der Waals surface area contributed by atoms with Gasteiger partial charge in [-0.15, -0.1) is 0 Å². The molecule has 0 aliphatic heterocycles. The summed E-state index contributed by atoms with van der Waals surface area (Å²) in [6.07, 6.45) is 0.923. The van der Waals surface area contributed by atoms with E-state index in [1.807, 2.05) is 0 Å². The normalized spacial score (nSPS) is 10.5. The van der Waals surface area contributed by atoms with Crippen molar-refractivity contribution in [2.75, 3.05) is 0 Å². The molecule has 0 aromatic carbocycles. The van der Waals surface area contributed by atoms with Crippen LogP contribution in [0.1, 0.15) is 19.4 Å². The van der Waals surface area contributed by atoms with Crippen molar-refractivity contribution in [3.63, 3.8) is 0 Å². The Kier molecular flexibility index (Phi) is 2.60. The van der Waals surface area contributed by atoms with Gasteiger partial charge in [-0.3, -0.25) is 0 Å². The van der Waals surface area contributed by atoms with Gasteiger partial charge in [-0.05, 0) is 12.0 Å². The molecule has 0 saturated heterocycles. The second-order valence-corrected chi connectivity index (χ2v) is 3.09. The molecule has 1 aromatic rings. The lowest BCUT2D eigenvalue weighted by atomic mass is 10.0. The van der Waals surface area contributed by atoms with Crippen molar-refractivity contribution in [2.24, 2.45) is 5.92 Å². The molecule has 0 atom stereocenters. The number of halogens is 1. The molecule has 0 unspecified atom stereocenters. The van der Waals surface area contributed by atoms with Crippen molar-refractivity contribution < 1.29 is 9.50 Å². The smallest absolute Gasteiger partial charge is 0.220 e. The number of aromatic hydroxyl groups is 1.